The van der Waals surface area contributed by atoms with Crippen LogP contribution in [0.15, 0.2) is 24.4 Å². The van der Waals surface area contributed by atoms with Crippen LogP contribution < -0.4 is 5.73 Å². The number of hydrogen-bond acceptors (Lipinski definition) is 2. The van der Waals surface area contributed by atoms with E-state index in [2.05, 4.69) is 6.58 Å². The second-order valence-corrected chi connectivity index (χ2v) is 2.06. The first-order valence-corrected chi connectivity index (χ1v) is 2.92. The monoisotopic (exact) mass is 127 g/mol. The molecule has 0 bridgehead atoms. The molecule has 1 unspecified atom stereocenters. The molecule has 0 spiro atoms. The Bertz CT molecular complexity index is 116. The van der Waals surface area contributed by atoms with Crippen LogP contribution in [0.25, 0.3) is 0 Å². The summed E-state index contributed by atoms with van der Waals surface area (Å²) in [5.41, 5.74) is 5.74. The van der Waals surface area contributed by atoms with E-state index >= 15 is 0 Å². The van der Waals surface area contributed by atoms with E-state index in [9.17, 15) is 0 Å². The molecule has 2 nitrogen and oxygen atoms in total. The van der Waals surface area contributed by atoms with Crippen molar-refractivity contribution >= 4 is 0 Å². The van der Waals surface area contributed by atoms with Crippen molar-refractivity contribution in [3.63, 3.8) is 0 Å². The smallest absolute Gasteiger partial charge is 0.0546 e. The predicted octanol–water partition coefficient (Wildman–Crippen LogP) is 0.786. The molecule has 0 aliphatic heterocycles. The van der Waals surface area contributed by atoms with Crippen LogP contribution in [0.5, 0.6) is 0 Å². The number of aliphatic hydroxyl groups excluding tert-OH is 1. The summed E-state index contributed by atoms with van der Waals surface area (Å²) in [6.45, 7) is 5.19. The number of nitrogens with two attached hydrogens (primary N) is 1. The predicted molar refractivity (Wildman–Crippen MR) is 38.8 cm³/mol. The second-order valence-electron chi connectivity index (χ2n) is 2.06. The Labute approximate surface area is 55.7 Å². The van der Waals surface area contributed by atoms with Gasteiger partial charge in [0.15, 0.2) is 0 Å². The van der Waals surface area contributed by atoms with Gasteiger partial charge in [0.2, 0.25) is 0 Å². The van der Waals surface area contributed by atoms with Crippen molar-refractivity contribution in [2.45, 2.75) is 19.4 Å². The first kappa shape index (κ1) is 8.24. The van der Waals surface area contributed by atoms with Crippen LogP contribution in [0, 0.1) is 0 Å². The molecule has 0 aromatic heterocycles. The molecule has 9 heavy (non-hydrogen) atoms. The molecule has 1 atom stereocenters. The van der Waals surface area contributed by atoms with E-state index in [1.807, 2.05) is 0 Å². The maximum Gasteiger partial charge on any atom is 0.0546 e. The van der Waals surface area contributed by atoms with Gasteiger partial charge in [0, 0.05) is 5.70 Å². The molecule has 0 aliphatic rings. The summed E-state index contributed by atoms with van der Waals surface area (Å²) in [6.07, 6.45) is 3.83. The topological polar surface area (TPSA) is 46.2 Å². The SMILES string of the molecule is C=C(N)/C=C\CC(C)O. The second kappa shape index (κ2) is 4.15. The Kier molecular flexibility index (Phi) is 3.80. The first-order chi connectivity index (χ1) is 4.13. The molecule has 3 N–H and O–H groups in total. The van der Waals surface area contributed by atoms with Crippen molar-refractivity contribution in [1.82, 2.24) is 0 Å². The summed E-state index contributed by atoms with van der Waals surface area (Å²) in [4.78, 5) is 0. The maximum atomic E-state index is 8.74. The summed E-state index contributed by atoms with van der Waals surface area (Å²) in [7, 11) is 0. The van der Waals surface area contributed by atoms with E-state index in [-0.39, 0.29) is 6.10 Å². The van der Waals surface area contributed by atoms with Gasteiger partial charge in [-0.05, 0) is 19.4 Å². The van der Waals surface area contributed by atoms with Crippen LogP contribution >= 0.6 is 0 Å². The molecular weight excluding hydrogens is 114 g/mol. The minimum absolute atomic E-state index is 0.291. The van der Waals surface area contributed by atoms with Crippen LogP contribution in [0.1, 0.15) is 13.3 Å². The highest BCUT2D eigenvalue weighted by atomic mass is 16.3. The fourth-order valence-electron chi connectivity index (χ4n) is 0.416. The number of rotatable bonds is 3. The van der Waals surface area contributed by atoms with Gasteiger partial charge in [0.05, 0.1) is 6.10 Å². The highest BCUT2D eigenvalue weighted by Gasteiger charge is 1.87. The Morgan fingerprint density at radius 2 is 2.44 bits per heavy atom. The fraction of sp³-hybridized carbons (Fsp3) is 0.429. The summed E-state index contributed by atoms with van der Waals surface area (Å²) in [5.74, 6) is 0. The zero-order valence-electron chi connectivity index (χ0n) is 5.67. The van der Waals surface area contributed by atoms with Crippen LogP contribution in [-0.2, 0) is 0 Å². The lowest BCUT2D eigenvalue weighted by atomic mass is 10.2. The van der Waals surface area contributed by atoms with Gasteiger partial charge in [-0.1, -0.05) is 12.7 Å². The molecule has 52 valence electrons. The molecule has 0 aliphatic carbocycles. The van der Waals surface area contributed by atoms with Crippen molar-refractivity contribution in [2.24, 2.45) is 5.73 Å². The zero-order chi connectivity index (χ0) is 7.28. The van der Waals surface area contributed by atoms with E-state index in [4.69, 9.17) is 10.8 Å². The van der Waals surface area contributed by atoms with E-state index < -0.39 is 0 Å². The van der Waals surface area contributed by atoms with Crippen LogP contribution in [0.3, 0.4) is 0 Å². The Morgan fingerprint density at radius 3 is 2.78 bits per heavy atom. The van der Waals surface area contributed by atoms with Crippen molar-refractivity contribution in [1.29, 1.82) is 0 Å². The van der Waals surface area contributed by atoms with E-state index in [1.165, 1.54) is 0 Å². The minimum atomic E-state index is -0.291. The van der Waals surface area contributed by atoms with Gasteiger partial charge in [-0.15, -0.1) is 0 Å². The third kappa shape index (κ3) is 7.24. The van der Waals surface area contributed by atoms with Gasteiger partial charge in [-0.3, -0.25) is 0 Å². The van der Waals surface area contributed by atoms with E-state index in [1.54, 1.807) is 19.1 Å². The third-order valence-corrected chi connectivity index (χ3v) is 0.809. The Balaban J connectivity index is 3.36. The van der Waals surface area contributed by atoms with Crippen molar-refractivity contribution < 1.29 is 5.11 Å². The summed E-state index contributed by atoms with van der Waals surface area (Å²) in [5, 5.41) is 8.74. The lowest BCUT2D eigenvalue weighted by molar-refractivity contribution is 0.198. The number of allylic oxidation sites excluding steroid dienone is 1. The average molecular weight is 127 g/mol. The molecule has 0 saturated carbocycles. The van der Waals surface area contributed by atoms with Crippen molar-refractivity contribution in [2.75, 3.05) is 0 Å². The van der Waals surface area contributed by atoms with E-state index in [0.717, 1.165) is 0 Å². The minimum Gasteiger partial charge on any atom is -0.399 e. The molecule has 0 saturated heterocycles. The van der Waals surface area contributed by atoms with Gasteiger partial charge in [-0.2, -0.15) is 0 Å². The molecule has 0 fully saturated rings. The molecule has 0 aromatic carbocycles. The lowest BCUT2D eigenvalue weighted by Crippen LogP contribution is -1.96. The zero-order valence-corrected chi connectivity index (χ0v) is 5.67. The molecule has 0 aromatic rings. The first-order valence-electron chi connectivity index (χ1n) is 2.92. The number of aliphatic hydroxyl groups is 1. The van der Waals surface area contributed by atoms with Gasteiger partial charge in [0.25, 0.3) is 0 Å². The van der Waals surface area contributed by atoms with Crippen LogP contribution in [-0.4, -0.2) is 11.2 Å². The Hall–Kier alpha value is -0.760. The molecule has 0 radical (unpaired) electrons. The van der Waals surface area contributed by atoms with Gasteiger partial charge < -0.3 is 10.8 Å². The van der Waals surface area contributed by atoms with Crippen LogP contribution in [0.2, 0.25) is 0 Å². The van der Waals surface area contributed by atoms with Crippen molar-refractivity contribution in [3.05, 3.63) is 24.4 Å². The molecular formula is C7H13NO. The molecule has 0 rings (SSSR count). The average Bonchev–Trinajstić information content (AvgIpc) is 1.63. The normalized spacial score (nSPS) is 14.0. The van der Waals surface area contributed by atoms with Crippen molar-refractivity contribution in [3.8, 4) is 0 Å². The largest absolute Gasteiger partial charge is 0.399 e. The molecule has 2 heteroatoms. The summed E-state index contributed by atoms with van der Waals surface area (Å²) >= 11 is 0. The standard InChI is InChI=1S/C7H13NO/c1-6(8)4-3-5-7(2)9/h3-4,7,9H,1,5,8H2,2H3/b4-3-. The van der Waals surface area contributed by atoms with Gasteiger partial charge in [0.1, 0.15) is 0 Å². The fourth-order valence-corrected chi connectivity index (χ4v) is 0.416. The van der Waals surface area contributed by atoms with Gasteiger partial charge in [-0.25, -0.2) is 0 Å². The highest BCUT2D eigenvalue weighted by Crippen LogP contribution is 1.91. The molecule has 0 heterocycles. The summed E-state index contributed by atoms with van der Waals surface area (Å²) in [6, 6.07) is 0. The van der Waals surface area contributed by atoms with E-state index in [0.29, 0.717) is 12.1 Å². The highest BCUT2D eigenvalue weighted by molar-refractivity contribution is 5.09. The lowest BCUT2D eigenvalue weighted by Gasteiger charge is -1.95. The third-order valence-electron chi connectivity index (χ3n) is 0.809. The Morgan fingerprint density at radius 1 is 1.89 bits per heavy atom. The maximum absolute atomic E-state index is 8.74. The number of hydrogen-bond donors (Lipinski definition) is 2. The quantitative estimate of drug-likeness (QED) is 0.550. The van der Waals surface area contributed by atoms with Gasteiger partial charge >= 0.3 is 0 Å². The summed E-state index contributed by atoms with van der Waals surface area (Å²) < 4.78 is 0. The molecule has 0 amide bonds. The van der Waals surface area contributed by atoms with Crippen LogP contribution in [0.4, 0.5) is 0 Å².